The molecule has 1 heterocycles. The fourth-order valence-electron chi connectivity index (χ4n) is 2.89. The summed E-state index contributed by atoms with van der Waals surface area (Å²) < 4.78 is 0. The number of piperidine rings is 1. The van der Waals surface area contributed by atoms with Gasteiger partial charge in [0.15, 0.2) is 0 Å². The molecule has 0 spiro atoms. The molecule has 5 heteroatoms. The Kier molecular flexibility index (Phi) is 6.46. The second-order valence-corrected chi connectivity index (χ2v) is 6.10. The van der Waals surface area contributed by atoms with Crippen LogP contribution in [0.25, 0.3) is 0 Å². The SMILES string of the molecule is CCCC(C)NC(=O)C(C)N1CCC(C)CC1C(=O)O. The number of nitrogens with one attached hydrogen (secondary N) is 1. The summed E-state index contributed by atoms with van der Waals surface area (Å²) in [5.41, 5.74) is 0. The van der Waals surface area contributed by atoms with Gasteiger partial charge in [-0.2, -0.15) is 0 Å². The number of carboxylic acid groups (broad SMARTS) is 1. The molecule has 1 amide bonds. The predicted molar refractivity (Wildman–Crippen MR) is 78.5 cm³/mol. The van der Waals surface area contributed by atoms with Crippen molar-refractivity contribution in [2.45, 2.75) is 71.5 Å². The Hall–Kier alpha value is -1.10. The molecular formula is C15H28N2O3. The van der Waals surface area contributed by atoms with Gasteiger partial charge in [0.25, 0.3) is 0 Å². The lowest BCUT2D eigenvalue weighted by Crippen LogP contribution is -2.56. The molecule has 0 saturated carbocycles. The van der Waals surface area contributed by atoms with E-state index in [4.69, 9.17) is 0 Å². The van der Waals surface area contributed by atoms with Gasteiger partial charge in [-0.1, -0.05) is 20.3 Å². The second-order valence-electron chi connectivity index (χ2n) is 6.10. The summed E-state index contributed by atoms with van der Waals surface area (Å²) in [6, 6.07) is -0.786. The lowest BCUT2D eigenvalue weighted by atomic mass is 9.91. The molecule has 1 rings (SSSR count). The standard InChI is InChI=1S/C15H28N2O3/c1-5-6-11(3)16-14(18)12(4)17-8-7-10(2)9-13(17)15(19)20/h10-13H,5-9H2,1-4H3,(H,16,18)(H,19,20). The summed E-state index contributed by atoms with van der Waals surface area (Å²) in [5, 5.41) is 12.3. The Morgan fingerprint density at radius 2 is 2.05 bits per heavy atom. The number of hydrogen-bond donors (Lipinski definition) is 2. The summed E-state index contributed by atoms with van der Waals surface area (Å²) >= 11 is 0. The number of likely N-dealkylation sites (tertiary alicyclic amines) is 1. The highest BCUT2D eigenvalue weighted by Gasteiger charge is 2.36. The Labute approximate surface area is 121 Å². The predicted octanol–water partition coefficient (Wildman–Crippen LogP) is 1.86. The maximum Gasteiger partial charge on any atom is 0.320 e. The molecule has 2 N–H and O–H groups in total. The number of hydrogen-bond acceptors (Lipinski definition) is 3. The average molecular weight is 284 g/mol. The van der Waals surface area contributed by atoms with E-state index in [9.17, 15) is 14.7 Å². The van der Waals surface area contributed by atoms with Gasteiger partial charge < -0.3 is 10.4 Å². The smallest absolute Gasteiger partial charge is 0.320 e. The largest absolute Gasteiger partial charge is 0.480 e. The lowest BCUT2D eigenvalue weighted by molar-refractivity contribution is -0.148. The van der Waals surface area contributed by atoms with Gasteiger partial charge in [-0.05, 0) is 39.0 Å². The van der Waals surface area contributed by atoms with Crippen LogP contribution in [0.2, 0.25) is 0 Å². The zero-order valence-corrected chi connectivity index (χ0v) is 13.1. The maximum atomic E-state index is 12.2. The highest BCUT2D eigenvalue weighted by atomic mass is 16.4. The first kappa shape index (κ1) is 17.0. The third kappa shape index (κ3) is 4.47. The van der Waals surface area contributed by atoms with E-state index in [1.54, 1.807) is 6.92 Å². The first-order valence-corrected chi connectivity index (χ1v) is 7.65. The van der Waals surface area contributed by atoms with Crippen LogP contribution in [0.5, 0.6) is 0 Å². The van der Waals surface area contributed by atoms with Crippen molar-refractivity contribution in [3.63, 3.8) is 0 Å². The van der Waals surface area contributed by atoms with Gasteiger partial charge in [0.2, 0.25) is 5.91 Å². The number of carboxylic acids is 1. The minimum atomic E-state index is -0.821. The van der Waals surface area contributed by atoms with E-state index in [-0.39, 0.29) is 18.0 Å². The van der Waals surface area contributed by atoms with Crippen molar-refractivity contribution in [3.05, 3.63) is 0 Å². The van der Waals surface area contributed by atoms with Gasteiger partial charge >= 0.3 is 5.97 Å². The van der Waals surface area contributed by atoms with Crippen LogP contribution < -0.4 is 5.32 Å². The second kappa shape index (κ2) is 7.62. The van der Waals surface area contributed by atoms with E-state index in [0.717, 1.165) is 19.3 Å². The third-order valence-corrected chi connectivity index (χ3v) is 4.18. The fraction of sp³-hybridized carbons (Fsp3) is 0.867. The zero-order chi connectivity index (χ0) is 15.3. The van der Waals surface area contributed by atoms with E-state index in [0.29, 0.717) is 18.9 Å². The van der Waals surface area contributed by atoms with E-state index < -0.39 is 12.0 Å². The molecule has 0 bridgehead atoms. The number of carbonyl (C=O) groups is 2. The highest BCUT2D eigenvalue weighted by Crippen LogP contribution is 2.24. The Bertz CT molecular complexity index is 346. The van der Waals surface area contributed by atoms with Crippen molar-refractivity contribution in [2.24, 2.45) is 5.92 Å². The van der Waals surface area contributed by atoms with Crippen molar-refractivity contribution >= 4 is 11.9 Å². The minimum Gasteiger partial charge on any atom is -0.480 e. The van der Waals surface area contributed by atoms with Crippen molar-refractivity contribution in [2.75, 3.05) is 6.54 Å². The average Bonchev–Trinajstić information content (AvgIpc) is 2.37. The number of amides is 1. The minimum absolute atomic E-state index is 0.0632. The zero-order valence-electron chi connectivity index (χ0n) is 13.1. The van der Waals surface area contributed by atoms with Gasteiger partial charge in [0.05, 0.1) is 6.04 Å². The topological polar surface area (TPSA) is 69.6 Å². The quantitative estimate of drug-likeness (QED) is 0.781. The monoisotopic (exact) mass is 284 g/mol. The molecule has 0 aromatic heterocycles. The van der Waals surface area contributed by atoms with Crippen molar-refractivity contribution < 1.29 is 14.7 Å². The number of aliphatic carboxylic acids is 1. The lowest BCUT2D eigenvalue weighted by Gasteiger charge is -2.39. The molecule has 0 aromatic carbocycles. The van der Waals surface area contributed by atoms with Crippen LogP contribution in [0.4, 0.5) is 0 Å². The summed E-state index contributed by atoms with van der Waals surface area (Å²) in [6.45, 7) is 8.62. The molecule has 116 valence electrons. The Morgan fingerprint density at radius 1 is 1.40 bits per heavy atom. The van der Waals surface area contributed by atoms with Gasteiger partial charge in [-0.3, -0.25) is 14.5 Å². The molecule has 0 aliphatic carbocycles. The molecule has 1 aliphatic rings. The van der Waals surface area contributed by atoms with Crippen LogP contribution in [0.15, 0.2) is 0 Å². The molecule has 20 heavy (non-hydrogen) atoms. The van der Waals surface area contributed by atoms with Crippen LogP contribution >= 0.6 is 0 Å². The number of rotatable bonds is 6. The molecular weight excluding hydrogens is 256 g/mol. The first-order valence-electron chi connectivity index (χ1n) is 7.65. The van der Waals surface area contributed by atoms with Gasteiger partial charge in [-0.15, -0.1) is 0 Å². The first-order chi connectivity index (χ1) is 9.36. The van der Waals surface area contributed by atoms with Crippen LogP contribution in [-0.2, 0) is 9.59 Å². The molecule has 1 fully saturated rings. The molecule has 5 nitrogen and oxygen atoms in total. The van der Waals surface area contributed by atoms with E-state index in [2.05, 4.69) is 19.2 Å². The number of carbonyl (C=O) groups excluding carboxylic acids is 1. The van der Waals surface area contributed by atoms with Crippen LogP contribution in [0, 0.1) is 5.92 Å². The van der Waals surface area contributed by atoms with Crippen LogP contribution in [0.1, 0.15) is 53.4 Å². The van der Waals surface area contributed by atoms with Gasteiger partial charge in [0, 0.05) is 12.6 Å². The fourth-order valence-corrected chi connectivity index (χ4v) is 2.89. The maximum absolute atomic E-state index is 12.2. The van der Waals surface area contributed by atoms with Crippen LogP contribution in [0.3, 0.4) is 0 Å². The molecule has 0 radical (unpaired) electrons. The summed E-state index contributed by atoms with van der Waals surface area (Å²) in [7, 11) is 0. The molecule has 4 atom stereocenters. The van der Waals surface area contributed by atoms with Crippen molar-refractivity contribution in [3.8, 4) is 0 Å². The summed E-state index contributed by atoms with van der Waals surface area (Å²) in [6.07, 6.45) is 3.54. The summed E-state index contributed by atoms with van der Waals surface area (Å²) in [4.78, 5) is 25.4. The Morgan fingerprint density at radius 3 is 2.60 bits per heavy atom. The summed E-state index contributed by atoms with van der Waals surface area (Å²) in [5.74, 6) is -0.480. The van der Waals surface area contributed by atoms with Crippen molar-refractivity contribution in [1.29, 1.82) is 0 Å². The third-order valence-electron chi connectivity index (χ3n) is 4.18. The highest BCUT2D eigenvalue weighted by molar-refractivity contribution is 5.83. The van der Waals surface area contributed by atoms with Crippen LogP contribution in [-0.4, -0.2) is 46.6 Å². The Balaban J connectivity index is 2.66. The van der Waals surface area contributed by atoms with Gasteiger partial charge in [0.1, 0.15) is 6.04 Å². The van der Waals surface area contributed by atoms with E-state index in [1.165, 1.54) is 0 Å². The van der Waals surface area contributed by atoms with Crippen molar-refractivity contribution in [1.82, 2.24) is 10.2 Å². The van der Waals surface area contributed by atoms with E-state index in [1.807, 2.05) is 11.8 Å². The van der Waals surface area contributed by atoms with Gasteiger partial charge in [-0.25, -0.2) is 0 Å². The molecule has 4 unspecified atom stereocenters. The molecule has 1 aliphatic heterocycles. The van der Waals surface area contributed by atoms with E-state index >= 15 is 0 Å². The molecule has 1 saturated heterocycles. The number of nitrogens with zero attached hydrogens (tertiary/aromatic N) is 1. The molecule has 0 aromatic rings. The normalized spacial score (nSPS) is 26.8.